The number of benzene rings is 1. The van der Waals surface area contributed by atoms with Crippen molar-refractivity contribution >= 4 is 10.0 Å². The molecule has 1 aliphatic heterocycles. The van der Waals surface area contributed by atoms with E-state index in [0.717, 1.165) is 10.4 Å². The van der Waals surface area contributed by atoms with Crippen molar-refractivity contribution in [2.75, 3.05) is 26.0 Å². The number of hydrogen-bond acceptors (Lipinski definition) is 4. The fraction of sp³-hybridized carbons (Fsp3) is 0.571. The van der Waals surface area contributed by atoms with Crippen LogP contribution in [0.15, 0.2) is 24.3 Å². The van der Waals surface area contributed by atoms with Crippen molar-refractivity contribution in [1.82, 2.24) is 4.31 Å². The van der Waals surface area contributed by atoms with Crippen LogP contribution in [0.5, 0.6) is 0 Å². The number of aliphatic hydroxyl groups is 1. The maximum absolute atomic E-state index is 13.2. The van der Waals surface area contributed by atoms with Crippen molar-refractivity contribution in [1.29, 1.82) is 0 Å². The number of ether oxygens (including phenoxy) is 1. The van der Waals surface area contributed by atoms with Crippen LogP contribution < -0.4 is 0 Å². The number of methoxy groups -OCH3 is 1. The van der Waals surface area contributed by atoms with E-state index < -0.39 is 33.9 Å². The van der Waals surface area contributed by atoms with E-state index in [-0.39, 0.29) is 30.9 Å². The van der Waals surface area contributed by atoms with E-state index in [9.17, 15) is 26.7 Å². The van der Waals surface area contributed by atoms with Crippen LogP contribution in [0.2, 0.25) is 0 Å². The number of β-amino-alcohol motifs (C(OH)–C–C–N with tert-alkyl or cyclic N) is 1. The molecule has 1 aromatic rings. The van der Waals surface area contributed by atoms with Gasteiger partial charge in [0.15, 0.2) is 0 Å². The standard InChI is InChI=1S/C14H18F3NO4S/c1-22-6-7-23(20,21)18-9-10(19)8-13(18)11-4-2-3-5-12(11)14(15,16)17/h2-5,10,13,19H,6-9H2,1H3/t10-,13-/m0/s1. The molecule has 1 aromatic carbocycles. The molecule has 1 fully saturated rings. The fourth-order valence-corrected chi connectivity index (χ4v) is 4.32. The number of halogens is 3. The lowest BCUT2D eigenvalue weighted by atomic mass is 9.98. The first-order chi connectivity index (χ1) is 10.7. The predicted octanol–water partition coefficient (Wildman–Crippen LogP) is 1.79. The van der Waals surface area contributed by atoms with Gasteiger partial charge in [-0.15, -0.1) is 0 Å². The molecule has 5 nitrogen and oxygen atoms in total. The zero-order valence-electron chi connectivity index (χ0n) is 12.5. The van der Waals surface area contributed by atoms with E-state index >= 15 is 0 Å². The van der Waals surface area contributed by atoms with Gasteiger partial charge in [0, 0.05) is 13.7 Å². The molecule has 1 aliphatic rings. The summed E-state index contributed by atoms with van der Waals surface area (Å²) in [4.78, 5) is 0. The van der Waals surface area contributed by atoms with Crippen LogP contribution in [-0.2, 0) is 20.9 Å². The van der Waals surface area contributed by atoms with E-state index in [1.807, 2.05) is 0 Å². The van der Waals surface area contributed by atoms with Crippen molar-refractivity contribution < 1.29 is 31.4 Å². The Morgan fingerprint density at radius 3 is 2.61 bits per heavy atom. The van der Waals surface area contributed by atoms with Crippen LogP contribution >= 0.6 is 0 Å². The summed E-state index contributed by atoms with van der Waals surface area (Å²) in [5.74, 6) is -0.346. The Morgan fingerprint density at radius 1 is 1.35 bits per heavy atom. The molecule has 0 aromatic heterocycles. The Morgan fingerprint density at radius 2 is 2.00 bits per heavy atom. The Bertz CT molecular complexity index is 648. The number of aliphatic hydroxyl groups excluding tert-OH is 1. The van der Waals surface area contributed by atoms with Gasteiger partial charge < -0.3 is 9.84 Å². The molecule has 0 aliphatic carbocycles. The van der Waals surface area contributed by atoms with Crippen LogP contribution in [0.1, 0.15) is 23.6 Å². The first-order valence-corrected chi connectivity index (χ1v) is 8.60. The maximum atomic E-state index is 13.2. The number of nitrogens with zero attached hydrogens (tertiary/aromatic N) is 1. The van der Waals surface area contributed by atoms with Gasteiger partial charge in [0.1, 0.15) is 0 Å². The lowest BCUT2D eigenvalue weighted by Crippen LogP contribution is -2.35. The summed E-state index contributed by atoms with van der Waals surface area (Å²) >= 11 is 0. The molecule has 1 N–H and O–H groups in total. The normalized spacial score (nSPS) is 23.3. The molecule has 0 spiro atoms. The minimum Gasteiger partial charge on any atom is -0.392 e. The number of sulfonamides is 1. The third-order valence-corrected chi connectivity index (χ3v) is 5.56. The monoisotopic (exact) mass is 353 g/mol. The zero-order chi connectivity index (χ0) is 17.3. The second-order valence-electron chi connectivity index (χ2n) is 5.37. The molecule has 0 unspecified atom stereocenters. The molecule has 23 heavy (non-hydrogen) atoms. The largest absolute Gasteiger partial charge is 0.416 e. The fourth-order valence-electron chi connectivity index (χ4n) is 2.73. The summed E-state index contributed by atoms with van der Waals surface area (Å²) in [5.41, 5.74) is -1.02. The van der Waals surface area contributed by atoms with Gasteiger partial charge in [0.2, 0.25) is 10.0 Å². The second kappa shape index (κ2) is 6.76. The smallest absolute Gasteiger partial charge is 0.392 e. The average Bonchev–Trinajstić information content (AvgIpc) is 2.87. The lowest BCUT2D eigenvalue weighted by Gasteiger charge is -2.26. The van der Waals surface area contributed by atoms with Gasteiger partial charge in [-0.3, -0.25) is 0 Å². The molecule has 130 valence electrons. The lowest BCUT2D eigenvalue weighted by molar-refractivity contribution is -0.138. The van der Waals surface area contributed by atoms with E-state index in [1.165, 1.54) is 25.3 Å². The topological polar surface area (TPSA) is 66.8 Å². The highest BCUT2D eigenvalue weighted by Gasteiger charge is 2.43. The number of hydrogen-bond donors (Lipinski definition) is 1. The minimum atomic E-state index is -4.59. The van der Waals surface area contributed by atoms with E-state index in [1.54, 1.807) is 0 Å². The van der Waals surface area contributed by atoms with Gasteiger partial charge in [-0.25, -0.2) is 8.42 Å². The van der Waals surface area contributed by atoms with Gasteiger partial charge in [-0.05, 0) is 18.1 Å². The molecule has 0 bridgehead atoms. The van der Waals surface area contributed by atoms with Crippen LogP contribution in [0.4, 0.5) is 13.2 Å². The molecule has 1 heterocycles. The summed E-state index contributed by atoms with van der Waals surface area (Å²) < 4.78 is 69.9. The van der Waals surface area contributed by atoms with Gasteiger partial charge in [-0.2, -0.15) is 17.5 Å². The Hall–Kier alpha value is -1.16. The molecular formula is C14H18F3NO4S. The second-order valence-corrected chi connectivity index (χ2v) is 7.41. The van der Waals surface area contributed by atoms with E-state index in [0.29, 0.717) is 0 Å². The minimum absolute atomic E-state index is 0.0669. The van der Waals surface area contributed by atoms with Gasteiger partial charge in [0.25, 0.3) is 0 Å². The summed E-state index contributed by atoms with van der Waals surface area (Å²) in [7, 11) is -2.50. The highest BCUT2D eigenvalue weighted by molar-refractivity contribution is 7.89. The molecular weight excluding hydrogens is 335 g/mol. The van der Waals surface area contributed by atoms with Gasteiger partial charge >= 0.3 is 6.18 Å². The van der Waals surface area contributed by atoms with Crippen LogP contribution in [0, 0.1) is 0 Å². The third kappa shape index (κ3) is 4.03. The molecule has 9 heteroatoms. The summed E-state index contributed by atoms with van der Waals surface area (Å²) in [6.07, 6.45) is -5.66. The number of rotatable bonds is 5. The van der Waals surface area contributed by atoms with Crippen molar-refractivity contribution in [3.05, 3.63) is 35.4 Å². The molecule has 1 saturated heterocycles. The summed E-state index contributed by atoms with van der Waals surface area (Å²) in [6.45, 7) is -0.286. The van der Waals surface area contributed by atoms with Crippen molar-refractivity contribution in [2.24, 2.45) is 0 Å². The molecule has 0 radical (unpaired) electrons. The maximum Gasteiger partial charge on any atom is 0.416 e. The zero-order valence-corrected chi connectivity index (χ0v) is 13.3. The SMILES string of the molecule is COCCS(=O)(=O)N1C[C@@H](O)C[C@H]1c1ccccc1C(F)(F)F. The third-order valence-electron chi connectivity index (χ3n) is 3.76. The predicted molar refractivity (Wildman–Crippen MR) is 77.2 cm³/mol. The van der Waals surface area contributed by atoms with Crippen molar-refractivity contribution in [3.8, 4) is 0 Å². The van der Waals surface area contributed by atoms with Gasteiger partial charge in [-0.1, -0.05) is 18.2 Å². The van der Waals surface area contributed by atoms with Crippen molar-refractivity contribution in [3.63, 3.8) is 0 Å². The highest BCUT2D eigenvalue weighted by Crippen LogP contribution is 2.41. The van der Waals surface area contributed by atoms with Gasteiger partial charge in [0.05, 0.1) is 30.1 Å². The average molecular weight is 353 g/mol. The Balaban J connectivity index is 2.42. The number of alkyl halides is 3. The summed E-state index contributed by atoms with van der Waals surface area (Å²) in [5, 5.41) is 9.80. The molecule has 2 rings (SSSR count). The van der Waals surface area contributed by atoms with Crippen LogP contribution in [0.3, 0.4) is 0 Å². The Labute approximate surface area is 132 Å². The molecule has 0 saturated carbocycles. The van der Waals surface area contributed by atoms with E-state index in [2.05, 4.69) is 0 Å². The van der Waals surface area contributed by atoms with Crippen LogP contribution in [0.25, 0.3) is 0 Å². The summed E-state index contributed by atoms with van der Waals surface area (Å²) in [6, 6.07) is 3.81. The Kier molecular flexibility index (Phi) is 5.34. The molecule has 0 amide bonds. The quantitative estimate of drug-likeness (QED) is 0.876. The van der Waals surface area contributed by atoms with E-state index in [4.69, 9.17) is 4.74 Å². The highest BCUT2D eigenvalue weighted by atomic mass is 32.2. The van der Waals surface area contributed by atoms with Crippen molar-refractivity contribution in [2.45, 2.75) is 24.7 Å². The van der Waals surface area contributed by atoms with Crippen LogP contribution in [-0.4, -0.2) is 49.9 Å². The molecule has 2 atom stereocenters. The first-order valence-electron chi connectivity index (χ1n) is 6.99. The first kappa shape index (κ1) is 18.2.